The van der Waals surface area contributed by atoms with Crippen molar-refractivity contribution < 1.29 is 15.0 Å². The Morgan fingerprint density at radius 3 is 2.68 bits per heavy atom. The SMILES string of the molecule is CC1(c2ccccc2O)NN=C(N)N1C(Cc1cc2ccccc2[nH]1)C(=O)O. The van der Waals surface area contributed by atoms with Gasteiger partial charge in [-0.15, -0.1) is 5.10 Å². The molecule has 2 aromatic carbocycles. The first-order valence-corrected chi connectivity index (χ1v) is 8.88. The molecular weight excluding hydrogens is 358 g/mol. The number of hydrogen-bond donors (Lipinski definition) is 5. The van der Waals surface area contributed by atoms with Gasteiger partial charge in [-0.1, -0.05) is 36.4 Å². The van der Waals surface area contributed by atoms with Crippen molar-refractivity contribution in [1.82, 2.24) is 15.3 Å². The van der Waals surface area contributed by atoms with Crippen molar-refractivity contribution in [2.24, 2.45) is 10.8 Å². The molecule has 0 fully saturated rings. The number of guanidine groups is 1. The number of nitrogens with two attached hydrogens (primary N) is 1. The Morgan fingerprint density at radius 2 is 1.96 bits per heavy atom. The number of aliphatic carboxylic acids is 1. The number of nitrogens with one attached hydrogen (secondary N) is 2. The number of H-pyrrole nitrogens is 1. The fraction of sp³-hybridized carbons (Fsp3) is 0.200. The second kappa shape index (κ2) is 6.49. The van der Waals surface area contributed by atoms with E-state index >= 15 is 0 Å². The summed E-state index contributed by atoms with van der Waals surface area (Å²) in [6, 6.07) is 15.4. The minimum absolute atomic E-state index is 0.0298. The fourth-order valence-electron chi connectivity index (χ4n) is 3.79. The van der Waals surface area contributed by atoms with Crippen molar-refractivity contribution >= 4 is 22.8 Å². The van der Waals surface area contributed by atoms with Crippen LogP contribution in [0.3, 0.4) is 0 Å². The summed E-state index contributed by atoms with van der Waals surface area (Å²) in [6.45, 7) is 1.74. The zero-order chi connectivity index (χ0) is 19.9. The van der Waals surface area contributed by atoms with Gasteiger partial charge in [0.05, 0.1) is 0 Å². The molecule has 0 saturated heterocycles. The normalized spacial score (nSPS) is 20.0. The average molecular weight is 379 g/mol. The number of para-hydroxylation sites is 2. The highest BCUT2D eigenvalue weighted by molar-refractivity contribution is 5.87. The Morgan fingerprint density at radius 1 is 1.25 bits per heavy atom. The molecule has 2 heterocycles. The second-order valence-corrected chi connectivity index (χ2v) is 6.98. The zero-order valence-electron chi connectivity index (χ0n) is 15.3. The predicted molar refractivity (Wildman–Crippen MR) is 105 cm³/mol. The van der Waals surface area contributed by atoms with Gasteiger partial charge in [-0.25, -0.2) is 4.79 Å². The van der Waals surface area contributed by atoms with Crippen LogP contribution < -0.4 is 11.2 Å². The molecule has 8 heteroatoms. The molecule has 0 amide bonds. The van der Waals surface area contributed by atoms with Crippen molar-refractivity contribution in [2.75, 3.05) is 0 Å². The molecule has 0 radical (unpaired) electrons. The lowest BCUT2D eigenvalue weighted by Gasteiger charge is -2.39. The molecule has 1 aromatic heterocycles. The van der Waals surface area contributed by atoms with Crippen molar-refractivity contribution in [3.05, 3.63) is 65.9 Å². The Balaban J connectivity index is 1.73. The van der Waals surface area contributed by atoms with Gasteiger partial charge in [0.2, 0.25) is 5.96 Å². The topological polar surface area (TPSA) is 127 Å². The number of fused-ring (bicyclic) bond motifs is 1. The van der Waals surface area contributed by atoms with Gasteiger partial charge in [-0.05, 0) is 30.5 Å². The highest BCUT2D eigenvalue weighted by Crippen LogP contribution is 2.36. The number of phenolic OH excluding ortho intramolecular Hbond substituents is 1. The lowest BCUT2D eigenvalue weighted by molar-refractivity contribution is -0.143. The number of aromatic hydroxyl groups is 1. The molecule has 28 heavy (non-hydrogen) atoms. The summed E-state index contributed by atoms with van der Waals surface area (Å²) >= 11 is 0. The van der Waals surface area contributed by atoms with Crippen LogP contribution in [0, 0.1) is 0 Å². The number of nitrogens with zero attached hydrogens (tertiary/aromatic N) is 2. The van der Waals surface area contributed by atoms with E-state index in [2.05, 4.69) is 15.5 Å². The van der Waals surface area contributed by atoms with Gasteiger partial charge >= 0.3 is 5.97 Å². The van der Waals surface area contributed by atoms with E-state index < -0.39 is 17.7 Å². The molecule has 2 atom stereocenters. The molecule has 0 aliphatic carbocycles. The van der Waals surface area contributed by atoms with E-state index in [1.54, 1.807) is 31.2 Å². The van der Waals surface area contributed by atoms with E-state index in [-0.39, 0.29) is 18.1 Å². The van der Waals surface area contributed by atoms with Crippen molar-refractivity contribution in [3.8, 4) is 5.75 Å². The van der Waals surface area contributed by atoms with Crippen LogP contribution in [0.2, 0.25) is 0 Å². The summed E-state index contributed by atoms with van der Waals surface area (Å²) in [6.07, 6.45) is 0.186. The van der Waals surface area contributed by atoms with Crippen LogP contribution in [0.1, 0.15) is 18.2 Å². The van der Waals surface area contributed by atoms with Crippen LogP contribution in [0.25, 0.3) is 10.9 Å². The van der Waals surface area contributed by atoms with Crippen molar-refractivity contribution in [2.45, 2.75) is 25.0 Å². The molecule has 0 bridgehead atoms. The Bertz CT molecular complexity index is 1040. The highest BCUT2D eigenvalue weighted by Gasteiger charge is 2.47. The minimum Gasteiger partial charge on any atom is -0.508 e. The van der Waals surface area contributed by atoms with E-state index in [4.69, 9.17) is 5.73 Å². The Hall–Kier alpha value is -3.68. The number of hydrogen-bond acceptors (Lipinski definition) is 6. The van der Waals surface area contributed by atoms with Gasteiger partial charge in [0, 0.05) is 23.2 Å². The maximum absolute atomic E-state index is 12.2. The maximum Gasteiger partial charge on any atom is 0.326 e. The molecule has 1 aliphatic rings. The summed E-state index contributed by atoms with van der Waals surface area (Å²) in [5.41, 5.74) is 10.0. The molecule has 1 aliphatic heterocycles. The number of rotatable bonds is 5. The summed E-state index contributed by atoms with van der Waals surface area (Å²) in [4.78, 5) is 17.0. The molecule has 4 rings (SSSR count). The predicted octanol–water partition coefficient (Wildman–Crippen LogP) is 1.88. The first kappa shape index (κ1) is 17.7. The minimum atomic E-state index is -1.11. The molecule has 8 nitrogen and oxygen atoms in total. The fourth-order valence-corrected chi connectivity index (χ4v) is 3.79. The van der Waals surface area contributed by atoms with Crippen LogP contribution in [0.4, 0.5) is 0 Å². The summed E-state index contributed by atoms with van der Waals surface area (Å²) in [5.74, 6) is -0.960. The molecule has 6 N–H and O–H groups in total. The average Bonchev–Trinajstić information content (AvgIpc) is 3.21. The zero-order valence-corrected chi connectivity index (χ0v) is 15.3. The highest BCUT2D eigenvalue weighted by atomic mass is 16.4. The number of aromatic nitrogens is 1. The molecule has 0 saturated carbocycles. The number of benzene rings is 2. The van der Waals surface area contributed by atoms with Gasteiger partial charge in [-0.3, -0.25) is 10.3 Å². The van der Waals surface area contributed by atoms with E-state index in [1.165, 1.54) is 4.90 Å². The lowest BCUT2D eigenvalue weighted by Crippen LogP contribution is -2.58. The Labute approximate surface area is 161 Å². The number of aromatic amines is 1. The van der Waals surface area contributed by atoms with Crippen LogP contribution >= 0.6 is 0 Å². The number of carboxylic acid groups (broad SMARTS) is 1. The van der Waals surface area contributed by atoms with E-state index in [9.17, 15) is 15.0 Å². The van der Waals surface area contributed by atoms with Crippen LogP contribution in [0.15, 0.2) is 59.7 Å². The standard InChI is InChI=1S/C20H21N5O3/c1-20(14-7-3-5-9-17(14)26)24-23-19(21)25(20)16(18(27)28)11-13-10-12-6-2-4-8-15(12)22-13/h2-10,16,22,24,26H,11H2,1H3,(H2,21,23)(H,27,28). The van der Waals surface area contributed by atoms with Crippen molar-refractivity contribution in [1.29, 1.82) is 0 Å². The third-order valence-electron chi connectivity index (χ3n) is 5.14. The van der Waals surface area contributed by atoms with E-state index in [0.717, 1.165) is 16.6 Å². The summed E-state index contributed by atoms with van der Waals surface area (Å²) < 4.78 is 0. The third-order valence-corrected chi connectivity index (χ3v) is 5.14. The number of hydrazone groups is 1. The van der Waals surface area contributed by atoms with Crippen LogP contribution in [-0.2, 0) is 16.9 Å². The lowest BCUT2D eigenvalue weighted by atomic mass is 9.96. The van der Waals surface area contributed by atoms with Gasteiger partial charge in [0.1, 0.15) is 11.8 Å². The van der Waals surface area contributed by atoms with Gasteiger partial charge in [-0.2, -0.15) is 0 Å². The molecule has 0 spiro atoms. The Kier molecular flexibility index (Phi) is 4.11. The molecular formula is C20H21N5O3. The third kappa shape index (κ3) is 2.79. The molecule has 2 unspecified atom stereocenters. The van der Waals surface area contributed by atoms with Gasteiger partial charge in [0.15, 0.2) is 5.66 Å². The number of phenols is 1. The summed E-state index contributed by atoms with van der Waals surface area (Å²) in [5, 5.41) is 25.4. The molecule has 3 aromatic rings. The van der Waals surface area contributed by atoms with Crippen LogP contribution in [0.5, 0.6) is 5.75 Å². The van der Waals surface area contributed by atoms with E-state index in [1.807, 2.05) is 30.3 Å². The van der Waals surface area contributed by atoms with Gasteiger partial charge < -0.3 is 20.9 Å². The quantitative estimate of drug-likeness (QED) is 0.461. The monoisotopic (exact) mass is 379 g/mol. The number of carboxylic acids is 1. The number of carbonyl (C=O) groups is 1. The van der Waals surface area contributed by atoms with Gasteiger partial charge in [0.25, 0.3) is 0 Å². The first-order chi connectivity index (χ1) is 13.4. The largest absolute Gasteiger partial charge is 0.508 e. The van der Waals surface area contributed by atoms with Crippen LogP contribution in [-0.4, -0.2) is 38.1 Å². The smallest absolute Gasteiger partial charge is 0.326 e. The molecule has 144 valence electrons. The van der Waals surface area contributed by atoms with E-state index in [0.29, 0.717) is 5.56 Å². The first-order valence-electron chi connectivity index (χ1n) is 8.88. The second-order valence-electron chi connectivity index (χ2n) is 6.98. The van der Waals surface area contributed by atoms with Crippen molar-refractivity contribution in [3.63, 3.8) is 0 Å². The maximum atomic E-state index is 12.2. The summed E-state index contributed by atoms with van der Waals surface area (Å²) in [7, 11) is 0.